The fourth-order valence-corrected chi connectivity index (χ4v) is 5.65. The molecule has 2 aromatic rings. The van der Waals surface area contributed by atoms with Gasteiger partial charge in [0.2, 0.25) is 11.8 Å². The summed E-state index contributed by atoms with van der Waals surface area (Å²) in [6.07, 6.45) is 5.56. The van der Waals surface area contributed by atoms with Crippen molar-refractivity contribution in [1.82, 2.24) is 20.0 Å². The lowest BCUT2D eigenvalue weighted by atomic mass is 10.0. The van der Waals surface area contributed by atoms with Crippen LogP contribution < -0.4 is 5.32 Å². The molecular weight excluding hydrogens is 400 g/mol. The first-order valence-corrected chi connectivity index (χ1v) is 12.2. The number of fused-ring (bicyclic) bond motifs is 1. The molecule has 32 heavy (non-hydrogen) atoms. The second-order valence-corrected chi connectivity index (χ2v) is 9.52. The summed E-state index contributed by atoms with van der Waals surface area (Å²) in [7, 11) is 0. The highest BCUT2D eigenvalue weighted by Gasteiger charge is 2.34. The zero-order valence-corrected chi connectivity index (χ0v) is 18.8. The molecule has 1 N–H and O–H groups in total. The summed E-state index contributed by atoms with van der Waals surface area (Å²) in [6.45, 7) is 5.60. The van der Waals surface area contributed by atoms with E-state index in [1.165, 1.54) is 42.0 Å². The van der Waals surface area contributed by atoms with Gasteiger partial charge in [-0.3, -0.25) is 19.4 Å². The van der Waals surface area contributed by atoms with Gasteiger partial charge in [-0.25, -0.2) is 0 Å². The molecule has 1 saturated carbocycles. The van der Waals surface area contributed by atoms with Crippen LogP contribution in [-0.4, -0.2) is 77.9 Å². The van der Waals surface area contributed by atoms with Crippen molar-refractivity contribution < 1.29 is 9.59 Å². The van der Waals surface area contributed by atoms with Crippen molar-refractivity contribution in [2.75, 3.05) is 39.3 Å². The van der Waals surface area contributed by atoms with Gasteiger partial charge in [0.05, 0.1) is 12.5 Å². The van der Waals surface area contributed by atoms with E-state index in [9.17, 15) is 9.59 Å². The Hall–Kier alpha value is -2.44. The van der Waals surface area contributed by atoms with Crippen LogP contribution in [0.3, 0.4) is 0 Å². The Morgan fingerprint density at radius 2 is 1.69 bits per heavy atom. The molecule has 2 amide bonds. The molecule has 1 aliphatic carbocycles. The first-order valence-electron chi connectivity index (χ1n) is 12.2. The number of benzene rings is 2. The fraction of sp³-hybridized carbons (Fsp3) is 0.538. The predicted molar refractivity (Wildman–Crippen MR) is 126 cm³/mol. The number of hydrogen-bond acceptors (Lipinski definition) is 4. The third kappa shape index (κ3) is 4.66. The molecule has 3 fully saturated rings. The van der Waals surface area contributed by atoms with E-state index >= 15 is 0 Å². The van der Waals surface area contributed by atoms with Gasteiger partial charge in [0.1, 0.15) is 0 Å². The normalized spacial score (nSPS) is 23.6. The summed E-state index contributed by atoms with van der Waals surface area (Å²) in [5.74, 6) is 0.0941. The molecule has 6 nitrogen and oxygen atoms in total. The van der Waals surface area contributed by atoms with E-state index in [-0.39, 0.29) is 18.2 Å². The standard InChI is InChI=1S/C26H34N4O2/c31-25(29-15-13-28(14-16-29)23-7-3-4-8-23)18-24-26(32)27-11-12-30(24)19-20-9-10-21-5-1-2-6-22(21)17-20/h1-2,5-6,9-10,17,23-24H,3-4,7-8,11-16,18-19H2,(H,27,32)/t24-/m0/s1. The van der Waals surface area contributed by atoms with Gasteiger partial charge < -0.3 is 10.2 Å². The van der Waals surface area contributed by atoms with Gasteiger partial charge in [-0.15, -0.1) is 0 Å². The van der Waals surface area contributed by atoms with Gasteiger partial charge >= 0.3 is 0 Å². The molecule has 0 bridgehead atoms. The van der Waals surface area contributed by atoms with Crippen molar-refractivity contribution in [3.05, 3.63) is 48.0 Å². The predicted octanol–water partition coefficient (Wildman–Crippen LogP) is 2.62. The number of amides is 2. The highest BCUT2D eigenvalue weighted by atomic mass is 16.2. The van der Waals surface area contributed by atoms with E-state index in [1.807, 2.05) is 17.0 Å². The minimum Gasteiger partial charge on any atom is -0.353 e. The fourth-order valence-electron chi connectivity index (χ4n) is 5.65. The van der Waals surface area contributed by atoms with E-state index < -0.39 is 6.04 Å². The molecule has 0 unspecified atom stereocenters. The number of carbonyl (C=O) groups is 2. The van der Waals surface area contributed by atoms with Crippen LogP contribution >= 0.6 is 0 Å². The maximum absolute atomic E-state index is 13.1. The minimum atomic E-state index is -0.393. The van der Waals surface area contributed by atoms with Gasteiger partial charge in [-0.2, -0.15) is 0 Å². The van der Waals surface area contributed by atoms with Gasteiger partial charge in [0.15, 0.2) is 0 Å². The van der Waals surface area contributed by atoms with Crippen LogP contribution in [0, 0.1) is 0 Å². The second-order valence-electron chi connectivity index (χ2n) is 9.52. The van der Waals surface area contributed by atoms with Crippen molar-refractivity contribution >= 4 is 22.6 Å². The second kappa shape index (κ2) is 9.59. The van der Waals surface area contributed by atoms with E-state index in [1.54, 1.807) is 0 Å². The summed E-state index contributed by atoms with van der Waals surface area (Å²) in [4.78, 5) is 32.5. The molecule has 5 rings (SSSR count). The smallest absolute Gasteiger partial charge is 0.237 e. The zero-order chi connectivity index (χ0) is 21.9. The Balaban J connectivity index is 1.21. The van der Waals surface area contributed by atoms with E-state index in [4.69, 9.17) is 0 Å². The van der Waals surface area contributed by atoms with E-state index in [0.29, 0.717) is 19.1 Å². The molecule has 170 valence electrons. The Labute approximate surface area is 190 Å². The van der Waals surface area contributed by atoms with Gasteiger partial charge in [0, 0.05) is 51.9 Å². The minimum absolute atomic E-state index is 0.0185. The topological polar surface area (TPSA) is 55.9 Å². The van der Waals surface area contributed by atoms with E-state index in [2.05, 4.69) is 45.4 Å². The maximum atomic E-state index is 13.1. The third-order valence-electron chi connectivity index (χ3n) is 7.52. The lowest BCUT2D eigenvalue weighted by molar-refractivity contribution is -0.140. The molecule has 2 aliphatic heterocycles. The van der Waals surface area contributed by atoms with Gasteiger partial charge in [0.25, 0.3) is 0 Å². The SMILES string of the molecule is O=C1NCCN(Cc2ccc3ccccc3c2)[C@H]1CC(=O)N1CCN(C2CCCC2)CC1. The summed E-state index contributed by atoms with van der Waals surface area (Å²) in [6, 6.07) is 15.1. The maximum Gasteiger partial charge on any atom is 0.237 e. The third-order valence-corrected chi connectivity index (χ3v) is 7.52. The number of piperazine rings is 2. The molecule has 3 aliphatic rings. The number of nitrogens with zero attached hydrogens (tertiary/aromatic N) is 3. The van der Waals surface area contributed by atoms with Crippen molar-refractivity contribution in [3.8, 4) is 0 Å². The number of nitrogens with one attached hydrogen (secondary N) is 1. The Morgan fingerprint density at radius 3 is 2.47 bits per heavy atom. The summed E-state index contributed by atoms with van der Waals surface area (Å²) in [5, 5.41) is 5.40. The van der Waals surface area contributed by atoms with Crippen LogP contribution in [-0.2, 0) is 16.1 Å². The highest BCUT2D eigenvalue weighted by molar-refractivity contribution is 5.89. The van der Waals surface area contributed by atoms with Crippen LogP contribution in [0.5, 0.6) is 0 Å². The van der Waals surface area contributed by atoms with Crippen LogP contribution in [0.4, 0.5) is 0 Å². The van der Waals surface area contributed by atoms with E-state index in [0.717, 1.165) is 32.7 Å². The van der Waals surface area contributed by atoms with Crippen LogP contribution in [0.15, 0.2) is 42.5 Å². The lowest BCUT2D eigenvalue weighted by Gasteiger charge is -2.40. The average Bonchev–Trinajstić information content (AvgIpc) is 3.36. The molecule has 1 atom stereocenters. The van der Waals surface area contributed by atoms with Crippen LogP contribution in [0.1, 0.15) is 37.7 Å². The summed E-state index contributed by atoms with van der Waals surface area (Å²) >= 11 is 0. The van der Waals surface area contributed by atoms with Crippen LogP contribution in [0.25, 0.3) is 10.8 Å². The molecule has 0 spiro atoms. The monoisotopic (exact) mass is 434 g/mol. The van der Waals surface area contributed by atoms with Crippen molar-refractivity contribution in [2.24, 2.45) is 0 Å². The van der Waals surface area contributed by atoms with Crippen molar-refractivity contribution in [1.29, 1.82) is 0 Å². The molecule has 2 aromatic carbocycles. The van der Waals surface area contributed by atoms with Crippen LogP contribution in [0.2, 0.25) is 0 Å². The lowest BCUT2D eigenvalue weighted by Crippen LogP contribution is -2.57. The number of carbonyl (C=O) groups excluding carboxylic acids is 2. The first kappa shape index (κ1) is 21.4. The van der Waals surface area contributed by atoms with Crippen molar-refractivity contribution in [3.63, 3.8) is 0 Å². The van der Waals surface area contributed by atoms with Crippen molar-refractivity contribution in [2.45, 2.75) is 50.7 Å². The number of rotatable bonds is 5. The Kier molecular flexibility index (Phi) is 6.42. The average molecular weight is 435 g/mol. The molecule has 6 heteroatoms. The molecule has 0 radical (unpaired) electrons. The molecule has 0 aromatic heterocycles. The zero-order valence-electron chi connectivity index (χ0n) is 18.8. The summed E-state index contributed by atoms with van der Waals surface area (Å²) in [5.41, 5.74) is 1.18. The summed E-state index contributed by atoms with van der Waals surface area (Å²) < 4.78 is 0. The largest absolute Gasteiger partial charge is 0.353 e. The first-order chi connectivity index (χ1) is 15.7. The molecule has 2 heterocycles. The Bertz CT molecular complexity index is 963. The molecule has 2 saturated heterocycles. The van der Waals surface area contributed by atoms with Gasteiger partial charge in [-0.1, -0.05) is 49.2 Å². The quantitative estimate of drug-likeness (QED) is 0.786. The highest BCUT2D eigenvalue weighted by Crippen LogP contribution is 2.25. The van der Waals surface area contributed by atoms with Gasteiger partial charge in [-0.05, 0) is 35.2 Å². The Morgan fingerprint density at radius 1 is 0.938 bits per heavy atom. The molecular formula is C26H34N4O2. The number of hydrogen-bond donors (Lipinski definition) is 1.